The Balaban J connectivity index is 1.54. The minimum absolute atomic E-state index is 0.0638. The normalized spacial score (nSPS) is 10.4. The van der Waals surface area contributed by atoms with Crippen LogP contribution in [0.2, 0.25) is 0 Å². The van der Waals surface area contributed by atoms with E-state index in [0.29, 0.717) is 16.7 Å². The van der Waals surface area contributed by atoms with Gasteiger partial charge in [-0.2, -0.15) is 9.36 Å². The topological polar surface area (TPSA) is 64.1 Å². The molecule has 122 valence electrons. The Hall–Kier alpha value is -2.73. The smallest absolute Gasteiger partial charge is 0.264 e. The Morgan fingerprint density at radius 2 is 1.88 bits per heavy atom. The molecule has 3 rings (SSSR count). The van der Waals surface area contributed by atoms with Crippen LogP contribution in [0.4, 0.5) is 5.13 Å². The van der Waals surface area contributed by atoms with E-state index in [2.05, 4.69) is 21.6 Å². The summed E-state index contributed by atoms with van der Waals surface area (Å²) in [6.45, 7) is 2.03. The van der Waals surface area contributed by atoms with Gasteiger partial charge in [0.1, 0.15) is 5.75 Å². The fourth-order valence-corrected chi connectivity index (χ4v) is 2.71. The highest BCUT2D eigenvalue weighted by molar-refractivity contribution is 7.10. The quantitative estimate of drug-likeness (QED) is 0.742. The minimum Gasteiger partial charge on any atom is -0.484 e. The number of benzene rings is 2. The molecule has 1 heterocycles. The maximum atomic E-state index is 12.0. The molecule has 2 aromatic carbocycles. The fourth-order valence-electron chi connectivity index (χ4n) is 2.10. The monoisotopic (exact) mass is 339 g/mol. The lowest BCUT2D eigenvalue weighted by Crippen LogP contribution is -2.20. The summed E-state index contributed by atoms with van der Waals surface area (Å²) in [5, 5.41) is 3.17. The molecular weight excluding hydrogens is 322 g/mol. The van der Waals surface area contributed by atoms with Crippen molar-refractivity contribution in [3.05, 3.63) is 60.2 Å². The van der Waals surface area contributed by atoms with Crippen molar-refractivity contribution in [2.24, 2.45) is 0 Å². The van der Waals surface area contributed by atoms with Gasteiger partial charge in [-0.25, -0.2) is 0 Å². The zero-order chi connectivity index (χ0) is 16.8. The van der Waals surface area contributed by atoms with Crippen molar-refractivity contribution in [2.45, 2.75) is 13.3 Å². The highest BCUT2D eigenvalue weighted by atomic mass is 32.1. The van der Waals surface area contributed by atoms with Gasteiger partial charge in [-0.1, -0.05) is 49.4 Å². The number of nitrogens with one attached hydrogen (secondary N) is 1. The molecule has 3 aromatic rings. The highest BCUT2D eigenvalue weighted by Gasteiger charge is 2.10. The van der Waals surface area contributed by atoms with Gasteiger partial charge in [0.15, 0.2) is 12.4 Å². The van der Waals surface area contributed by atoms with E-state index >= 15 is 0 Å². The largest absolute Gasteiger partial charge is 0.484 e. The third-order valence-electron chi connectivity index (χ3n) is 3.41. The summed E-state index contributed by atoms with van der Waals surface area (Å²) in [5.41, 5.74) is 2.15. The van der Waals surface area contributed by atoms with Crippen LogP contribution >= 0.6 is 11.5 Å². The molecule has 0 radical (unpaired) electrons. The van der Waals surface area contributed by atoms with Gasteiger partial charge in [-0.15, -0.1) is 0 Å². The first-order valence-corrected chi connectivity index (χ1v) is 8.42. The fraction of sp³-hybridized carbons (Fsp3) is 0.167. The molecule has 0 atom stereocenters. The van der Waals surface area contributed by atoms with Gasteiger partial charge >= 0.3 is 0 Å². The van der Waals surface area contributed by atoms with Crippen molar-refractivity contribution in [1.29, 1.82) is 0 Å². The van der Waals surface area contributed by atoms with Crippen LogP contribution in [0.5, 0.6) is 5.75 Å². The van der Waals surface area contributed by atoms with E-state index in [-0.39, 0.29) is 12.5 Å². The lowest BCUT2D eigenvalue weighted by Gasteiger charge is -2.06. The summed E-state index contributed by atoms with van der Waals surface area (Å²) in [5.74, 6) is 1.02. The SMILES string of the molecule is CCc1ccc(OCC(=O)Nc2nc(-c3ccccc3)ns2)cc1. The number of aromatic nitrogens is 2. The summed E-state index contributed by atoms with van der Waals surface area (Å²) < 4.78 is 9.73. The van der Waals surface area contributed by atoms with E-state index < -0.39 is 0 Å². The van der Waals surface area contributed by atoms with Gasteiger partial charge in [0.2, 0.25) is 5.13 Å². The third kappa shape index (κ3) is 4.17. The van der Waals surface area contributed by atoms with E-state index in [0.717, 1.165) is 23.5 Å². The first-order chi connectivity index (χ1) is 11.7. The minimum atomic E-state index is -0.259. The predicted octanol–water partition coefficient (Wildman–Crippen LogP) is 3.79. The zero-order valence-corrected chi connectivity index (χ0v) is 14.0. The molecule has 0 saturated heterocycles. The number of nitrogens with zero attached hydrogens (tertiary/aromatic N) is 2. The van der Waals surface area contributed by atoms with Crippen LogP contribution in [0.15, 0.2) is 54.6 Å². The molecule has 0 fully saturated rings. The van der Waals surface area contributed by atoms with Crippen molar-refractivity contribution >= 4 is 22.6 Å². The van der Waals surface area contributed by atoms with E-state index in [4.69, 9.17) is 4.74 Å². The van der Waals surface area contributed by atoms with Crippen molar-refractivity contribution in [2.75, 3.05) is 11.9 Å². The molecule has 24 heavy (non-hydrogen) atoms. The maximum Gasteiger partial charge on any atom is 0.264 e. The molecule has 6 heteroatoms. The molecule has 0 saturated carbocycles. The molecule has 0 aliphatic carbocycles. The van der Waals surface area contributed by atoms with Crippen LogP contribution in [0.25, 0.3) is 11.4 Å². The molecule has 1 N–H and O–H groups in total. The molecule has 1 amide bonds. The second kappa shape index (κ2) is 7.70. The average molecular weight is 339 g/mol. The van der Waals surface area contributed by atoms with Crippen molar-refractivity contribution in [1.82, 2.24) is 9.36 Å². The van der Waals surface area contributed by atoms with Gasteiger partial charge in [0, 0.05) is 17.1 Å². The van der Waals surface area contributed by atoms with Crippen LogP contribution in [-0.2, 0) is 11.2 Å². The first kappa shape index (κ1) is 16.1. The molecule has 5 nitrogen and oxygen atoms in total. The van der Waals surface area contributed by atoms with Crippen LogP contribution < -0.4 is 10.1 Å². The number of carbonyl (C=O) groups is 1. The number of aryl methyl sites for hydroxylation is 1. The second-order valence-electron chi connectivity index (χ2n) is 5.12. The standard InChI is InChI=1S/C18H17N3O2S/c1-2-13-8-10-15(11-9-13)23-12-16(22)19-18-20-17(21-24-18)14-6-4-3-5-7-14/h3-11H,2,12H2,1H3,(H,19,20,21,22). The maximum absolute atomic E-state index is 12.0. The molecule has 0 spiro atoms. The number of amides is 1. The molecule has 1 aromatic heterocycles. The number of anilines is 1. The van der Waals surface area contributed by atoms with Crippen molar-refractivity contribution < 1.29 is 9.53 Å². The summed E-state index contributed by atoms with van der Waals surface area (Å²) >= 11 is 1.15. The highest BCUT2D eigenvalue weighted by Crippen LogP contribution is 2.20. The van der Waals surface area contributed by atoms with Crippen LogP contribution in [-0.4, -0.2) is 21.9 Å². The lowest BCUT2D eigenvalue weighted by atomic mass is 10.2. The third-order valence-corrected chi connectivity index (χ3v) is 4.04. The van der Waals surface area contributed by atoms with Gasteiger partial charge in [-0.05, 0) is 24.1 Å². The molecule has 0 aliphatic heterocycles. The number of ether oxygens (including phenoxy) is 1. The van der Waals surface area contributed by atoms with Gasteiger partial charge < -0.3 is 4.74 Å². The number of hydrogen-bond donors (Lipinski definition) is 1. The Morgan fingerprint density at radius 1 is 1.12 bits per heavy atom. The van der Waals surface area contributed by atoms with Gasteiger partial charge in [0.25, 0.3) is 5.91 Å². The van der Waals surface area contributed by atoms with Crippen LogP contribution in [0.1, 0.15) is 12.5 Å². The van der Waals surface area contributed by atoms with Gasteiger partial charge in [-0.3, -0.25) is 10.1 Å². The zero-order valence-electron chi connectivity index (χ0n) is 13.2. The Kier molecular flexibility index (Phi) is 5.18. The lowest BCUT2D eigenvalue weighted by molar-refractivity contribution is -0.118. The number of carbonyl (C=O) groups excluding carboxylic acids is 1. The molecular formula is C18H17N3O2S. The van der Waals surface area contributed by atoms with E-state index in [1.165, 1.54) is 5.56 Å². The number of hydrogen-bond acceptors (Lipinski definition) is 5. The van der Waals surface area contributed by atoms with Crippen molar-refractivity contribution in [3.8, 4) is 17.1 Å². The molecule has 0 unspecified atom stereocenters. The summed E-state index contributed by atoms with van der Waals surface area (Å²) in [6.07, 6.45) is 0.974. The first-order valence-electron chi connectivity index (χ1n) is 7.65. The van der Waals surface area contributed by atoms with E-state index in [1.807, 2.05) is 54.6 Å². The second-order valence-corrected chi connectivity index (χ2v) is 5.88. The van der Waals surface area contributed by atoms with Crippen LogP contribution in [0.3, 0.4) is 0 Å². The Labute approximate surface area is 144 Å². The predicted molar refractivity (Wildman–Crippen MR) is 95.3 cm³/mol. The van der Waals surface area contributed by atoms with Crippen LogP contribution in [0, 0.1) is 0 Å². The summed E-state index contributed by atoms with van der Waals surface area (Å²) in [7, 11) is 0. The molecule has 0 bridgehead atoms. The summed E-state index contributed by atoms with van der Waals surface area (Å²) in [4.78, 5) is 16.3. The average Bonchev–Trinajstić information content (AvgIpc) is 3.09. The Morgan fingerprint density at radius 3 is 2.58 bits per heavy atom. The van der Waals surface area contributed by atoms with Crippen molar-refractivity contribution in [3.63, 3.8) is 0 Å². The Bertz CT molecular complexity index is 801. The van der Waals surface area contributed by atoms with E-state index in [9.17, 15) is 4.79 Å². The summed E-state index contributed by atoms with van der Waals surface area (Å²) in [6, 6.07) is 17.3. The van der Waals surface area contributed by atoms with E-state index in [1.54, 1.807) is 0 Å². The van der Waals surface area contributed by atoms with Gasteiger partial charge in [0.05, 0.1) is 0 Å². The number of rotatable bonds is 6. The molecule has 0 aliphatic rings.